The molecule has 0 aliphatic carbocycles. The Morgan fingerprint density at radius 1 is 1.05 bits per heavy atom. The zero-order valence-electron chi connectivity index (χ0n) is 12.1. The fraction of sp³-hybridized carbons (Fsp3) is 0.294. The van der Waals surface area contributed by atoms with Gasteiger partial charge in [0.1, 0.15) is 5.82 Å². The van der Waals surface area contributed by atoms with Crippen LogP contribution in [0.5, 0.6) is 0 Å². The molecule has 21 heavy (non-hydrogen) atoms. The summed E-state index contributed by atoms with van der Waals surface area (Å²) in [5.74, 6) is 1.06. The van der Waals surface area contributed by atoms with E-state index < -0.39 is 10.8 Å². The van der Waals surface area contributed by atoms with Gasteiger partial charge in [-0.05, 0) is 23.3 Å². The molecule has 0 aliphatic heterocycles. The monoisotopic (exact) mass is 305 g/mol. The van der Waals surface area contributed by atoms with E-state index in [0.29, 0.717) is 18.1 Å². The van der Waals surface area contributed by atoms with Crippen LogP contribution in [0.2, 0.25) is 0 Å². The summed E-state index contributed by atoms with van der Waals surface area (Å²) in [4.78, 5) is 0. The molecule has 2 aromatic rings. The molecule has 2 atom stereocenters. The quantitative estimate of drug-likeness (QED) is 0.850. The Morgan fingerprint density at radius 2 is 1.67 bits per heavy atom. The van der Waals surface area contributed by atoms with Gasteiger partial charge < -0.3 is 5.32 Å². The first kappa shape index (κ1) is 15.9. The van der Waals surface area contributed by atoms with Gasteiger partial charge in [0.05, 0.1) is 6.04 Å². The van der Waals surface area contributed by atoms with Crippen molar-refractivity contribution in [3.63, 3.8) is 0 Å². The zero-order valence-corrected chi connectivity index (χ0v) is 12.9. The molecule has 2 rings (SSSR count). The molecule has 0 aromatic heterocycles. The van der Waals surface area contributed by atoms with Crippen molar-refractivity contribution in [2.45, 2.75) is 13.0 Å². The fourth-order valence-corrected chi connectivity index (χ4v) is 2.82. The van der Waals surface area contributed by atoms with Crippen LogP contribution in [0.3, 0.4) is 0 Å². The number of rotatable bonds is 7. The average molecular weight is 305 g/mol. The van der Waals surface area contributed by atoms with Gasteiger partial charge in [-0.3, -0.25) is 4.21 Å². The van der Waals surface area contributed by atoms with E-state index in [1.165, 1.54) is 12.1 Å². The van der Waals surface area contributed by atoms with Crippen LogP contribution in [0.1, 0.15) is 24.1 Å². The maximum atomic E-state index is 13.1. The molecule has 2 nitrogen and oxygen atoms in total. The van der Waals surface area contributed by atoms with Gasteiger partial charge in [-0.1, -0.05) is 49.4 Å². The Kier molecular flexibility index (Phi) is 6.08. The maximum Gasteiger partial charge on any atom is 0.123 e. The Morgan fingerprint density at radius 3 is 2.29 bits per heavy atom. The third-order valence-corrected chi connectivity index (χ3v) is 4.64. The van der Waals surface area contributed by atoms with Crippen LogP contribution in [0.15, 0.2) is 54.6 Å². The van der Waals surface area contributed by atoms with Crippen LogP contribution in [0.25, 0.3) is 0 Å². The summed E-state index contributed by atoms with van der Waals surface area (Å²) >= 11 is 0. The van der Waals surface area contributed by atoms with E-state index in [1.807, 2.05) is 37.3 Å². The van der Waals surface area contributed by atoms with Crippen molar-refractivity contribution in [2.75, 3.05) is 18.1 Å². The van der Waals surface area contributed by atoms with Crippen LogP contribution in [0.4, 0.5) is 4.39 Å². The summed E-state index contributed by atoms with van der Waals surface area (Å²) < 4.78 is 24.6. The zero-order chi connectivity index (χ0) is 15.1. The van der Waals surface area contributed by atoms with Gasteiger partial charge in [0.25, 0.3) is 0 Å². The van der Waals surface area contributed by atoms with E-state index in [4.69, 9.17) is 0 Å². The minimum absolute atomic E-state index is 0.0133. The van der Waals surface area contributed by atoms with Gasteiger partial charge in [-0.2, -0.15) is 0 Å². The van der Waals surface area contributed by atoms with Crippen LogP contribution in [-0.4, -0.2) is 22.3 Å². The van der Waals surface area contributed by atoms with Crippen LogP contribution >= 0.6 is 0 Å². The predicted molar refractivity (Wildman–Crippen MR) is 86.2 cm³/mol. The number of hydrogen-bond donors (Lipinski definition) is 1. The van der Waals surface area contributed by atoms with E-state index in [1.54, 1.807) is 12.1 Å². The first-order chi connectivity index (χ1) is 10.2. The highest BCUT2D eigenvalue weighted by atomic mass is 32.2. The van der Waals surface area contributed by atoms with E-state index in [2.05, 4.69) is 5.32 Å². The van der Waals surface area contributed by atoms with Crippen molar-refractivity contribution < 1.29 is 8.60 Å². The highest BCUT2D eigenvalue weighted by molar-refractivity contribution is 7.84. The Hall–Kier alpha value is -1.52. The fourth-order valence-electron chi connectivity index (χ4n) is 2.19. The smallest absolute Gasteiger partial charge is 0.123 e. The number of benzene rings is 2. The van der Waals surface area contributed by atoms with E-state index in [0.717, 1.165) is 11.1 Å². The van der Waals surface area contributed by atoms with Crippen LogP contribution < -0.4 is 5.32 Å². The molecule has 0 radical (unpaired) electrons. The predicted octanol–water partition coefficient (Wildman–Crippen LogP) is 3.27. The Bertz CT molecular complexity index is 571. The van der Waals surface area contributed by atoms with Gasteiger partial charge in [0.15, 0.2) is 0 Å². The molecule has 0 amide bonds. The molecular formula is C17H20FNOS. The molecule has 2 unspecified atom stereocenters. The standard InChI is InChI=1S/C17H20FNOS/c1-2-21(20)13-12-19-17(14-6-4-3-5-7-14)15-8-10-16(18)11-9-15/h3-11,17,19H,2,12-13H2,1H3. The lowest BCUT2D eigenvalue weighted by molar-refractivity contribution is 0.612. The second kappa shape index (κ2) is 8.05. The largest absolute Gasteiger partial charge is 0.305 e. The molecule has 2 aromatic carbocycles. The van der Waals surface area contributed by atoms with Gasteiger partial charge in [0, 0.05) is 28.9 Å². The van der Waals surface area contributed by atoms with Crippen molar-refractivity contribution in [3.8, 4) is 0 Å². The van der Waals surface area contributed by atoms with Gasteiger partial charge in [-0.25, -0.2) is 4.39 Å². The summed E-state index contributed by atoms with van der Waals surface area (Å²) in [5.41, 5.74) is 2.12. The second-order valence-corrected chi connectivity index (χ2v) is 6.65. The topological polar surface area (TPSA) is 29.1 Å². The average Bonchev–Trinajstić information content (AvgIpc) is 2.53. The summed E-state index contributed by atoms with van der Waals surface area (Å²) in [7, 11) is -0.782. The Labute approximate surface area is 127 Å². The molecule has 1 N–H and O–H groups in total. The summed E-state index contributed by atoms with van der Waals surface area (Å²) in [6.07, 6.45) is 0. The van der Waals surface area contributed by atoms with Crippen molar-refractivity contribution in [1.82, 2.24) is 5.32 Å². The minimum Gasteiger partial charge on any atom is -0.305 e. The van der Waals surface area contributed by atoms with E-state index in [-0.39, 0.29) is 11.9 Å². The van der Waals surface area contributed by atoms with Crippen molar-refractivity contribution >= 4 is 10.8 Å². The number of hydrogen-bond acceptors (Lipinski definition) is 2. The van der Waals surface area contributed by atoms with E-state index in [9.17, 15) is 8.60 Å². The molecule has 112 valence electrons. The van der Waals surface area contributed by atoms with Crippen molar-refractivity contribution in [2.24, 2.45) is 0 Å². The SMILES string of the molecule is CCS(=O)CCNC(c1ccccc1)c1ccc(F)cc1. The van der Waals surface area contributed by atoms with Crippen molar-refractivity contribution in [1.29, 1.82) is 0 Å². The van der Waals surface area contributed by atoms with Crippen molar-refractivity contribution in [3.05, 3.63) is 71.5 Å². The molecule has 0 saturated heterocycles. The molecule has 0 spiro atoms. The third-order valence-electron chi connectivity index (χ3n) is 3.34. The highest BCUT2D eigenvalue weighted by Gasteiger charge is 2.13. The summed E-state index contributed by atoms with van der Waals surface area (Å²) in [6.45, 7) is 2.59. The second-order valence-electron chi connectivity index (χ2n) is 4.78. The normalized spacial score (nSPS) is 13.8. The van der Waals surface area contributed by atoms with Gasteiger partial charge in [-0.15, -0.1) is 0 Å². The molecule has 0 aliphatic rings. The van der Waals surface area contributed by atoms with Gasteiger partial charge in [0.2, 0.25) is 0 Å². The number of halogens is 1. The maximum absolute atomic E-state index is 13.1. The molecule has 0 fully saturated rings. The summed E-state index contributed by atoms with van der Waals surface area (Å²) in [6, 6.07) is 16.5. The molecule has 4 heteroatoms. The first-order valence-corrected chi connectivity index (χ1v) is 8.58. The molecule has 0 saturated carbocycles. The molecule has 0 bridgehead atoms. The highest BCUT2D eigenvalue weighted by Crippen LogP contribution is 2.22. The first-order valence-electron chi connectivity index (χ1n) is 7.09. The van der Waals surface area contributed by atoms with Crippen LogP contribution in [0, 0.1) is 5.82 Å². The lowest BCUT2D eigenvalue weighted by atomic mass is 9.99. The molecular weight excluding hydrogens is 285 g/mol. The van der Waals surface area contributed by atoms with E-state index >= 15 is 0 Å². The lowest BCUT2D eigenvalue weighted by Crippen LogP contribution is -2.27. The third kappa shape index (κ3) is 4.76. The van der Waals surface area contributed by atoms with Gasteiger partial charge >= 0.3 is 0 Å². The van der Waals surface area contributed by atoms with Crippen LogP contribution in [-0.2, 0) is 10.8 Å². The number of nitrogens with one attached hydrogen (secondary N) is 1. The summed E-state index contributed by atoms with van der Waals surface area (Å²) in [5, 5.41) is 3.42. The Balaban J connectivity index is 2.15. The minimum atomic E-state index is -0.782. The lowest BCUT2D eigenvalue weighted by Gasteiger charge is -2.20. The molecule has 0 heterocycles.